The van der Waals surface area contributed by atoms with Crippen LogP contribution in [0.4, 0.5) is 34.1 Å². The molecule has 0 fully saturated rings. The first-order valence-corrected chi connectivity index (χ1v) is 22.7. The van der Waals surface area contributed by atoms with Gasteiger partial charge in [0, 0.05) is 50.6 Å². The van der Waals surface area contributed by atoms with E-state index in [0.29, 0.717) is 0 Å². The molecule has 1 spiro atoms. The highest BCUT2D eigenvalue weighted by atomic mass is 16.3. The molecule has 3 nitrogen and oxygen atoms in total. The van der Waals surface area contributed by atoms with E-state index in [0.717, 1.165) is 62.0 Å². The molecule has 0 saturated carbocycles. The Bertz CT molecular complexity index is 3520. The molecule has 310 valence electrons. The molecule has 66 heavy (non-hydrogen) atoms. The fraction of sp³-hybridized carbons (Fsp3) is 0.0159. The van der Waals surface area contributed by atoms with E-state index in [2.05, 4.69) is 265 Å². The largest absolute Gasteiger partial charge is 0.456 e. The third-order valence-corrected chi connectivity index (χ3v) is 13.7. The number of anilines is 6. The lowest BCUT2D eigenvalue weighted by Gasteiger charge is -2.31. The van der Waals surface area contributed by atoms with Crippen LogP contribution < -0.4 is 9.80 Å². The molecule has 0 radical (unpaired) electrons. The maximum atomic E-state index is 7.03. The number of rotatable bonds is 8. The summed E-state index contributed by atoms with van der Waals surface area (Å²) in [4.78, 5) is 4.67. The zero-order chi connectivity index (χ0) is 43.6. The molecule has 2 aliphatic carbocycles. The highest BCUT2D eigenvalue weighted by Crippen LogP contribution is 2.65. The Kier molecular flexibility index (Phi) is 8.75. The molecule has 2 aliphatic rings. The highest BCUT2D eigenvalue weighted by molar-refractivity contribution is 6.03. The Hall–Kier alpha value is -8.66. The minimum Gasteiger partial charge on any atom is -0.456 e. The van der Waals surface area contributed by atoms with Crippen LogP contribution in [0.3, 0.4) is 0 Å². The third-order valence-electron chi connectivity index (χ3n) is 13.7. The first-order valence-electron chi connectivity index (χ1n) is 22.7. The van der Waals surface area contributed by atoms with Gasteiger partial charge in [-0.25, -0.2) is 0 Å². The number of hydrogen-bond acceptors (Lipinski definition) is 3. The molecule has 1 unspecified atom stereocenters. The van der Waals surface area contributed by atoms with E-state index in [-0.39, 0.29) is 0 Å². The fourth-order valence-electron chi connectivity index (χ4n) is 10.8. The monoisotopic (exact) mass is 842 g/mol. The van der Waals surface area contributed by atoms with Gasteiger partial charge in [-0.05, 0) is 135 Å². The summed E-state index contributed by atoms with van der Waals surface area (Å²) in [5, 5.41) is 1.14. The van der Waals surface area contributed by atoms with Crippen LogP contribution >= 0.6 is 0 Å². The molecule has 0 N–H and O–H groups in total. The van der Waals surface area contributed by atoms with Crippen molar-refractivity contribution in [2.45, 2.75) is 5.41 Å². The molecular weight excluding hydrogens is 801 g/mol. The van der Waals surface area contributed by atoms with Crippen molar-refractivity contribution in [3.63, 3.8) is 0 Å². The fourth-order valence-corrected chi connectivity index (χ4v) is 10.8. The predicted molar refractivity (Wildman–Crippen MR) is 273 cm³/mol. The number of hydrogen-bond donors (Lipinski definition) is 0. The van der Waals surface area contributed by atoms with Crippen LogP contribution in [-0.4, -0.2) is 0 Å². The zero-order valence-electron chi connectivity index (χ0n) is 36.1. The Balaban J connectivity index is 0.960. The van der Waals surface area contributed by atoms with Gasteiger partial charge in [0.2, 0.25) is 0 Å². The van der Waals surface area contributed by atoms with Gasteiger partial charge >= 0.3 is 0 Å². The Morgan fingerprint density at radius 1 is 0.288 bits per heavy atom. The molecule has 0 bridgehead atoms. The van der Waals surface area contributed by atoms with Crippen molar-refractivity contribution in [2.75, 3.05) is 9.80 Å². The quantitative estimate of drug-likeness (QED) is 0.152. The average molecular weight is 843 g/mol. The molecule has 10 aromatic carbocycles. The summed E-state index contributed by atoms with van der Waals surface area (Å²) in [6.07, 6.45) is 0. The standard InChI is InChI=1S/C63H42N2O/c1-5-17-43(18-6-1)44-29-34-50(35-30-44)64(47-19-7-2-8-20-47)51-36-31-45(32-37-51)46-33-39-54-53-25-13-15-27-57(53)63(59(54)41-46)58-40-38-52(42-56(58)62-61(63)55-26-14-16-28-60(55)66-62)65(48-21-9-3-10-22-48)49-23-11-4-12-24-49/h1-42H. The van der Waals surface area contributed by atoms with E-state index < -0.39 is 5.41 Å². The zero-order valence-corrected chi connectivity index (χ0v) is 36.1. The van der Waals surface area contributed by atoms with E-state index in [4.69, 9.17) is 4.42 Å². The summed E-state index contributed by atoms with van der Waals surface area (Å²) < 4.78 is 7.03. The van der Waals surface area contributed by atoms with E-state index in [9.17, 15) is 0 Å². The second kappa shape index (κ2) is 15.3. The van der Waals surface area contributed by atoms with Gasteiger partial charge in [0.1, 0.15) is 11.3 Å². The second-order valence-electron chi connectivity index (χ2n) is 17.2. The van der Waals surface area contributed by atoms with Crippen molar-refractivity contribution in [2.24, 2.45) is 0 Å². The minimum atomic E-state index is -0.599. The average Bonchev–Trinajstić information content (AvgIpc) is 4.01. The number of nitrogens with zero attached hydrogens (tertiary/aromatic N) is 2. The van der Waals surface area contributed by atoms with E-state index in [1.807, 2.05) is 0 Å². The van der Waals surface area contributed by atoms with E-state index in [1.54, 1.807) is 0 Å². The number of furan rings is 1. The number of benzene rings is 10. The summed E-state index contributed by atoms with van der Waals surface area (Å²) in [5.41, 5.74) is 20.3. The van der Waals surface area contributed by atoms with Crippen LogP contribution in [-0.2, 0) is 5.41 Å². The molecule has 0 saturated heterocycles. The lowest BCUT2D eigenvalue weighted by atomic mass is 9.69. The molecule has 11 aromatic rings. The number of fused-ring (bicyclic) bond motifs is 12. The van der Waals surface area contributed by atoms with Crippen molar-refractivity contribution >= 4 is 45.1 Å². The van der Waals surface area contributed by atoms with Crippen molar-refractivity contribution in [1.82, 2.24) is 0 Å². The first kappa shape index (κ1) is 37.9. The summed E-state index contributed by atoms with van der Waals surface area (Å²) >= 11 is 0. The minimum absolute atomic E-state index is 0.599. The normalized spacial score (nSPS) is 14.1. The van der Waals surface area contributed by atoms with E-state index in [1.165, 1.54) is 50.1 Å². The molecule has 3 heteroatoms. The lowest BCUT2D eigenvalue weighted by Crippen LogP contribution is -2.26. The molecule has 13 rings (SSSR count). The Morgan fingerprint density at radius 3 is 1.36 bits per heavy atom. The van der Waals surface area contributed by atoms with Gasteiger partial charge < -0.3 is 14.2 Å². The second-order valence-corrected chi connectivity index (χ2v) is 17.2. The Morgan fingerprint density at radius 2 is 0.727 bits per heavy atom. The molecule has 1 aromatic heterocycles. The topological polar surface area (TPSA) is 19.6 Å². The van der Waals surface area contributed by atoms with Gasteiger partial charge in [0.15, 0.2) is 0 Å². The van der Waals surface area contributed by atoms with Crippen LogP contribution in [0.2, 0.25) is 0 Å². The van der Waals surface area contributed by atoms with Crippen LogP contribution in [0.5, 0.6) is 0 Å². The summed E-state index contributed by atoms with van der Waals surface area (Å²) in [5.74, 6) is 0.935. The Labute approximate surface area is 384 Å². The first-order chi connectivity index (χ1) is 32.7. The molecule has 1 atom stereocenters. The summed E-state index contributed by atoms with van der Waals surface area (Å²) in [7, 11) is 0. The lowest BCUT2D eigenvalue weighted by molar-refractivity contribution is 0.628. The number of para-hydroxylation sites is 4. The maximum absolute atomic E-state index is 7.03. The molecule has 0 amide bonds. The maximum Gasteiger partial charge on any atom is 0.140 e. The van der Waals surface area contributed by atoms with Gasteiger partial charge in [0.25, 0.3) is 0 Å². The summed E-state index contributed by atoms with van der Waals surface area (Å²) in [6, 6.07) is 92.1. The van der Waals surface area contributed by atoms with Crippen LogP contribution in [0.15, 0.2) is 259 Å². The van der Waals surface area contributed by atoms with Crippen molar-refractivity contribution < 1.29 is 4.42 Å². The van der Waals surface area contributed by atoms with Crippen LogP contribution in [0.1, 0.15) is 22.3 Å². The van der Waals surface area contributed by atoms with Gasteiger partial charge in [-0.2, -0.15) is 0 Å². The molecule has 1 heterocycles. The van der Waals surface area contributed by atoms with Crippen molar-refractivity contribution in [3.8, 4) is 44.7 Å². The van der Waals surface area contributed by atoms with Crippen molar-refractivity contribution in [1.29, 1.82) is 0 Å². The summed E-state index contributed by atoms with van der Waals surface area (Å²) in [6.45, 7) is 0. The van der Waals surface area contributed by atoms with Gasteiger partial charge in [-0.1, -0.05) is 170 Å². The van der Waals surface area contributed by atoms with Crippen molar-refractivity contribution in [3.05, 3.63) is 277 Å². The van der Waals surface area contributed by atoms with Gasteiger partial charge in [-0.3, -0.25) is 0 Å². The van der Waals surface area contributed by atoms with Gasteiger partial charge in [-0.15, -0.1) is 0 Å². The predicted octanol–water partition coefficient (Wildman–Crippen LogP) is 17.0. The SMILES string of the molecule is c1ccc(-c2ccc(N(c3ccccc3)c3ccc(-c4ccc5c(c4)C4(c6ccccc6-5)c5ccc(N(c6ccccc6)c6ccccc6)cc5-c5oc6ccccc6c54)cc3)cc2)cc1. The molecular formula is C63H42N2O. The smallest absolute Gasteiger partial charge is 0.140 e. The molecule has 0 aliphatic heterocycles. The van der Waals surface area contributed by atoms with E-state index >= 15 is 0 Å². The van der Waals surface area contributed by atoms with Crippen LogP contribution in [0.25, 0.3) is 55.7 Å². The van der Waals surface area contributed by atoms with Gasteiger partial charge in [0.05, 0.1) is 5.41 Å². The highest BCUT2D eigenvalue weighted by Gasteiger charge is 2.54. The van der Waals surface area contributed by atoms with Crippen LogP contribution in [0, 0.1) is 0 Å². The third kappa shape index (κ3) is 5.84.